The number of amides is 2. The Kier molecular flexibility index (Phi) is 6.72. The minimum atomic E-state index is -0.911. The van der Waals surface area contributed by atoms with Crippen LogP contribution < -0.4 is 21.1 Å². The number of nitrogens with zero attached hydrogens (tertiary/aromatic N) is 1. The average Bonchev–Trinajstić information content (AvgIpc) is 3.31. The lowest BCUT2D eigenvalue weighted by Gasteiger charge is -2.16. The number of benzene rings is 3. The third-order valence-corrected chi connectivity index (χ3v) is 5.24. The molecule has 5 N–H and O–H groups in total. The fourth-order valence-corrected chi connectivity index (χ4v) is 3.55. The third kappa shape index (κ3) is 5.31. The van der Waals surface area contributed by atoms with E-state index in [0.29, 0.717) is 9.26 Å². The summed E-state index contributed by atoms with van der Waals surface area (Å²) in [5, 5.41) is 11.7. The van der Waals surface area contributed by atoms with Crippen molar-refractivity contribution in [2.24, 2.45) is 5.73 Å². The van der Waals surface area contributed by atoms with Crippen molar-refractivity contribution < 1.29 is 23.1 Å². The fraction of sp³-hybridized carbons (Fsp3) is 0. The first kappa shape index (κ1) is 23.2. The van der Waals surface area contributed by atoms with Gasteiger partial charge in [0.2, 0.25) is 0 Å². The molecule has 0 saturated heterocycles. The molecule has 2 amide bonds. The topological polar surface area (TPSA) is 122 Å². The second-order valence-electron chi connectivity index (χ2n) is 6.98. The van der Waals surface area contributed by atoms with Gasteiger partial charge in [0.05, 0.1) is 11.4 Å². The first-order chi connectivity index (χ1) is 16.3. The van der Waals surface area contributed by atoms with Crippen LogP contribution >= 0.6 is 22.6 Å². The van der Waals surface area contributed by atoms with Gasteiger partial charge in [-0.2, -0.15) is 5.10 Å². The van der Waals surface area contributed by atoms with Crippen LogP contribution in [-0.2, 0) is 0 Å². The summed E-state index contributed by atoms with van der Waals surface area (Å²) in [6.07, 6.45) is 1.51. The van der Waals surface area contributed by atoms with Crippen molar-refractivity contribution in [2.75, 3.05) is 10.6 Å². The summed E-state index contributed by atoms with van der Waals surface area (Å²) < 4.78 is 35.1. The Morgan fingerprint density at radius 2 is 1.85 bits per heavy atom. The van der Waals surface area contributed by atoms with E-state index in [1.54, 1.807) is 24.3 Å². The summed E-state index contributed by atoms with van der Waals surface area (Å²) >= 11 is 1.95. The molecule has 0 fully saturated rings. The molecule has 0 aliphatic carbocycles. The van der Waals surface area contributed by atoms with E-state index in [1.165, 1.54) is 30.5 Å². The van der Waals surface area contributed by atoms with Crippen molar-refractivity contribution in [1.29, 1.82) is 0 Å². The van der Waals surface area contributed by atoms with Crippen LogP contribution in [-0.4, -0.2) is 22.0 Å². The van der Waals surface area contributed by atoms with E-state index in [1.807, 2.05) is 22.6 Å². The van der Waals surface area contributed by atoms with Crippen molar-refractivity contribution in [3.8, 4) is 11.5 Å². The average molecular weight is 575 g/mol. The Labute approximate surface area is 205 Å². The van der Waals surface area contributed by atoms with Crippen molar-refractivity contribution in [3.63, 3.8) is 0 Å². The van der Waals surface area contributed by atoms with Gasteiger partial charge in [-0.25, -0.2) is 8.78 Å². The number of hydrogen-bond acceptors (Lipinski definition) is 5. The first-order valence-electron chi connectivity index (χ1n) is 9.74. The Balaban J connectivity index is 1.64. The zero-order valence-corrected chi connectivity index (χ0v) is 19.4. The highest BCUT2D eigenvalue weighted by molar-refractivity contribution is 14.1. The van der Waals surface area contributed by atoms with Crippen LogP contribution in [0.25, 0.3) is 0 Å². The number of anilines is 3. The molecule has 0 unspecified atom stereocenters. The number of H-pyrrole nitrogens is 1. The van der Waals surface area contributed by atoms with E-state index in [-0.39, 0.29) is 34.1 Å². The molecule has 172 valence electrons. The Morgan fingerprint density at radius 1 is 1.03 bits per heavy atom. The van der Waals surface area contributed by atoms with E-state index in [0.717, 1.165) is 12.1 Å². The van der Waals surface area contributed by atoms with E-state index < -0.39 is 23.4 Å². The fourth-order valence-electron chi connectivity index (χ4n) is 3.10. The minimum absolute atomic E-state index is 0.0301. The van der Waals surface area contributed by atoms with E-state index in [4.69, 9.17) is 10.5 Å². The van der Waals surface area contributed by atoms with Crippen LogP contribution in [0.1, 0.15) is 20.8 Å². The van der Waals surface area contributed by atoms with Crippen LogP contribution in [0.3, 0.4) is 0 Å². The number of carbonyl (C=O) groups excluding carboxylic acids is 2. The predicted octanol–water partition coefficient (Wildman–Crippen LogP) is 5.18. The van der Waals surface area contributed by atoms with Crippen molar-refractivity contribution >= 4 is 51.5 Å². The molecule has 8 nitrogen and oxygen atoms in total. The lowest BCUT2D eigenvalue weighted by Crippen LogP contribution is -2.15. The van der Waals surface area contributed by atoms with Crippen LogP contribution in [0, 0.1) is 15.2 Å². The monoisotopic (exact) mass is 575 g/mol. The van der Waals surface area contributed by atoms with Crippen LogP contribution in [0.15, 0.2) is 66.9 Å². The molecule has 0 bridgehead atoms. The Hall–Kier alpha value is -4.00. The number of nitrogens with two attached hydrogens (primary N) is 1. The maximum atomic E-state index is 14.4. The van der Waals surface area contributed by atoms with Gasteiger partial charge in [-0.05, 0) is 65.1 Å². The van der Waals surface area contributed by atoms with Crippen LogP contribution in [0.5, 0.6) is 11.5 Å². The van der Waals surface area contributed by atoms with Crippen molar-refractivity contribution in [1.82, 2.24) is 10.2 Å². The molecule has 34 heavy (non-hydrogen) atoms. The molecule has 0 radical (unpaired) electrons. The molecule has 0 saturated carbocycles. The number of hydrogen-bond donors (Lipinski definition) is 4. The first-order valence-corrected chi connectivity index (χ1v) is 10.8. The van der Waals surface area contributed by atoms with Gasteiger partial charge < -0.3 is 21.1 Å². The zero-order chi connectivity index (χ0) is 24.2. The lowest BCUT2D eigenvalue weighted by molar-refractivity contribution is 0.0996. The number of halogens is 3. The minimum Gasteiger partial charge on any atom is -0.456 e. The molecule has 0 atom stereocenters. The van der Waals surface area contributed by atoms with Gasteiger partial charge in [0.25, 0.3) is 11.8 Å². The van der Waals surface area contributed by atoms with Gasteiger partial charge >= 0.3 is 0 Å². The van der Waals surface area contributed by atoms with E-state index in [2.05, 4.69) is 20.8 Å². The van der Waals surface area contributed by atoms with Crippen LogP contribution in [0.2, 0.25) is 0 Å². The second kappa shape index (κ2) is 9.87. The molecule has 4 rings (SSSR count). The summed E-state index contributed by atoms with van der Waals surface area (Å²) in [6, 6.07) is 14.1. The number of ether oxygens (including phenoxy) is 1. The highest BCUT2D eigenvalue weighted by Gasteiger charge is 2.20. The number of aromatic nitrogens is 2. The predicted molar refractivity (Wildman–Crippen MR) is 130 cm³/mol. The summed E-state index contributed by atoms with van der Waals surface area (Å²) in [5.74, 6) is -2.68. The Bertz CT molecular complexity index is 1380. The third-order valence-electron chi connectivity index (χ3n) is 4.57. The molecular weight excluding hydrogens is 559 g/mol. The molecule has 1 heterocycles. The molecule has 0 aliphatic heterocycles. The largest absolute Gasteiger partial charge is 0.456 e. The molecule has 11 heteroatoms. The summed E-state index contributed by atoms with van der Waals surface area (Å²) in [4.78, 5) is 24.5. The number of carbonyl (C=O) groups is 2. The van der Waals surface area contributed by atoms with E-state index >= 15 is 0 Å². The quantitative estimate of drug-likeness (QED) is 0.227. The van der Waals surface area contributed by atoms with Gasteiger partial charge in [0, 0.05) is 27.6 Å². The number of rotatable bonds is 7. The van der Waals surface area contributed by atoms with Gasteiger partial charge in [-0.15, -0.1) is 0 Å². The highest BCUT2D eigenvalue weighted by atomic mass is 127. The summed E-state index contributed by atoms with van der Waals surface area (Å²) in [6.45, 7) is 0. The SMILES string of the molecule is NC(=O)c1c(Nc2ccc(I)cc2F)cc(F)cc1Oc1cccc(NC(=O)c2cc[nH]n2)c1. The van der Waals surface area contributed by atoms with Crippen LogP contribution in [0.4, 0.5) is 25.8 Å². The van der Waals surface area contributed by atoms with E-state index in [9.17, 15) is 18.4 Å². The molecule has 3 aromatic carbocycles. The van der Waals surface area contributed by atoms with Gasteiger partial charge in [0.1, 0.15) is 34.4 Å². The maximum Gasteiger partial charge on any atom is 0.276 e. The summed E-state index contributed by atoms with van der Waals surface area (Å²) in [5.41, 5.74) is 5.89. The van der Waals surface area contributed by atoms with Crippen molar-refractivity contribution in [2.45, 2.75) is 0 Å². The van der Waals surface area contributed by atoms with Gasteiger partial charge in [-0.1, -0.05) is 6.07 Å². The molecular formula is C23H16F2IN5O3. The molecule has 0 spiro atoms. The second-order valence-corrected chi connectivity index (χ2v) is 8.23. The highest BCUT2D eigenvalue weighted by Crippen LogP contribution is 2.35. The number of primary amides is 1. The maximum absolute atomic E-state index is 14.4. The summed E-state index contributed by atoms with van der Waals surface area (Å²) in [7, 11) is 0. The van der Waals surface area contributed by atoms with Gasteiger partial charge in [-0.3, -0.25) is 14.7 Å². The zero-order valence-electron chi connectivity index (χ0n) is 17.2. The molecule has 4 aromatic rings. The Morgan fingerprint density at radius 3 is 2.56 bits per heavy atom. The lowest BCUT2D eigenvalue weighted by atomic mass is 10.1. The van der Waals surface area contributed by atoms with Crippen molar-refractivity contribution in [3.05, 3.63) is 93.3 Å². The smallest absolute Gasteiger partial charge is 0.276 e. The normalized spacial score (nSPS) is 10.6. The molecule has 1 aromatic heterocycles. The number of aromatic amines is 1. The standard InChI is InChI=1S/C23H16F2IN5O3/c24-12-8-19(30-17-5-4-13(26)10-16(17)25)21(22(27)32)20(9-12)34-15-3-1-2-14(11-15)29-23(33)18-6-7-28-31-18/h1-11,30H,(H2,27,32)(H,28,31)(H,29,33). The number of nitrogens with one attached hydrogen (secondary N) is 3. The molecule has 0 aliphatic rings. The van der Waals surface area contributed by atoms with Gasteiger partial charge in [0.15, 0.2) is 0 Å².